The summed E-state index contributed by atoms with van der Waals surface area (Å²) in [4.78, 5) is 42.8. The van der Waals surface area contributed by atoms with E-state index < -0.39 is 39.9 Å². The van der Waals surface area contributed by atoms with Crippen molar-refractivity contribution in [3.05, 3.63) is 133 Å². The highest BCUT2D eigenvalue weighted by molar-refractivity contribution is 5.83. The van der Waals surface area contributed by atoms with Gasteiger partial charge in [0, 0.05) is 42.2 Å². The molecule has 0 saturated carbocycles. The molecule has 0 aliphatic rings. The van der Waals surface area contributed by atoms with Crippen LogP contribution in [0, 0.1) is 34.7 Å². The molecular formula is C26H17F2N6O4. The third-order valence-electron chi connectivity index (χ3n) is 5.89. The summed E-state index contributed by atoms with van der Waals surface area (Å²) < 4.78 is 31.7. The lowest BCUT2D eigenvalue weighted by Crippen LogP contribution is -2.29. The van der Waals surface area contributed by atoms with E-state index in [0.717, 1.165) is 29.0 Å². The van der Waals surface area contributed by atoms with E-state index in [1.54, 1.807) is 24.5 Å². The molecule has 38 heavy (non-hydrogen) atoms. The van der Waals surface area contributed by atoms with Gasteiger partial charge >= 0.3 is 5.69 Å². The number of aromatic amines is 1. The predicted molar refractivity (Wildman–Crippen MR) is 132 cm³/mol. The van der Waals surface area contributed by atoms with Gasteiger partial charge in [-0.15, -0.1) is 0 Å². The quantitative estimate of drug-likeness (QED) is 0.272. The lowest BCUT2D eigenvalue weighted by molar-refractivity contribution is -0.384. The molecule has 5 rings (SSSR count). The first-order valence-corrected chi connectivity index (χ1v) is 11.2. The summed E-state index contributed by atoms with van der Waals surface area (Å²) in [5.41, 5.74) is -1.68. The fourth-order valence-electron chi connectivity index (χ4n) is 4.22. The number of nitro benzene ring substituents is 1. The molecule has 10 nitrogen and oxygen atoms in total. The van der Waals surface area contributed by atoms with Crippen LogP contribution >= 0.6 is 0 Å². The maximum atomic E-state index is 14.6. The summed E-state index contributed by atoms with van der Waals surface area (Å²) in [7, 11) is 0. The zero-order chi connectivity index (χ0) is 27.0. The number of pyridine rings is 1. The van der Waals surface area contributed by atoms with E-state index in [1.807, 2.05) is 0 Å². The Morgan fingerprint density at radius 3 is 2.45 bits per heavy atom. The van der Waals surface area contributed by atoms with Gasteiger partial charge in [0.25, 0.3) is 11.2 Å². The van der Waals surface area contributed by atoms with Gasteiger partial charge in [-0.25, -0.2) is 18.3 Å². The lowest BCUT2D eigenvalue weighted by atomic mass is 9.93. The number of aromatic nitrogens is 5. The van der Waals surface area contributed by atoms with Crippen LogP contribution in [0.2, 0.25) is 0 Å². The van der Waals surface area contributed by atoms with Crippen molar-refractivity contribution in [1.29, 1.82) is 0 Å². The molecule has 0 fully saturated rings. The van der Waals surface area contributed by atoms with E-state index in [9.17, 15) is 28.5 Å². The topological polar surface area (TPSA) is 129 Å². The van der Waals surface area contributed by atoms with Crippen LogP contribution in [0.4, 0.5) is 14.5 Å². The molecule has 3 aromatic heterocycles. The fraction of sp³-hybridized carbons (Fsp3) is 0.0769. The van der Waals surface area contributed by atoms with E-state index in [4.69, 9.17) is 0 Å². The number of benzene rings is 2. The van der Waals surface area contributed by atoms with E-state index in [1.165, 1.54) is 29.9 Å². The fourth-order valence-corrected chi connectivity index (χ4v) is 4.22. The number of rotatable bonds is 6. The molecule has 0 aliphatic carbocycles. The van der Waals surface area contributed by atoms with Crippen molar-refractivity contribution >= 4 is 5.69 Å². The van der Waals surface area contributed by atoms with E-state index in [2.05, 4.69) is 21.1 Å². The highest BCUT2D eigenvalue weighted by Crippen LogP contribution is 2.40. The van der Waals surface area contributed by atoms with Crippen molar-refractivity contribution in [2.24, 2.45) is 0 Å². The SMILES string of the molecule is Cc1[c]c(Cc2c(F)cccc2F)c(-n2ccc(=O)[nH]c2=O)c(-c2ccc(-n3cccn3)cn2)c1[N+](=O)[O-]. The summed E-state index contributed by atoms with van der Waals surface area (Å²) in [5.74, 6) is -1.67. The number of hydrogen-bond acceptors (Lipinski definition) is 6. The molecule has 1 radical (unpaired) electrons. The van der Waals surface area contributed by atoms with Gasteiger partial charge in [-0.2, -0.15) is 5.10 Å². The Kier molecular flexibility index (Phi) is 6.21. The minimum absolute atomic E-state index is 0.0657. The minimum atomic E-state index is -0.909. The average molecular weight is 515 g/mol. The molecule has 5 aromatic rings. The Labute approximate surface area is 212 Å². The Bertz CT molecular complexity index is 1770. The van der Waals surface area contributed by atoms with Gasteiger partial charge in [0.15, 0.2) is 0 Å². The first-order valence-electron chi connectivity index (χ1n) is 11.2. The zero-order valence-corrected chi connectivity index (χ0v) is 19.7. The molecule has 189 valence electrons. The molecule has 0 bridgehead atoms. The van der Waals surface area contributed by atoms with Crippen molar-refractivity contribution < 1.29 is 13.7 Å². The third-order valence-corrected chi connectivity index (χ3v) is 5.89. The van der Waals surface area contributed by atoms with Crippen molar-refractivity contribution in [2.45, 2.75) is 13.3 Å². The summed E-state index contributed by atoms with van der Waals surface area (Å²) >= 11 is 0. The van der Waals surface area contributed by atoms with E-state index >= 15 is 0 Å². The predicted octanol–water partition coefficient (Wildman–Crippen LogP) is 3.66. The number of nitro groups is 1. The van der Waals surface area contributed by atoms with Crippen LogP contribution in [0.5, 0.6) is 0 Å². The molecular weight excluding hydrogens is 498 g/mol. The van der Waals surface area contributed by atoms with Crippen LogP contribution in [-0.4, -0.2) is 29.2 Å². The number of hydrogen-bond donors (Lipinski definition) is 1. The molecule has 0 spiro atoms. The molecule has 0 atom stereocenters. The zero-order valence-electron chi connectivity index (χ0n) is 19.7. The lowest BCUT2D eigenvalue weighted by Gasteiger charge is -2.18. The summed E-state index contributed by atoms with van der Waals surface area (Å²) in [5, 5.41) is 16.4. The number of H-pyrrole nitrogens is 1. The second kappa shape index (κ2) is 9.65. The van der Waals surface area contributed by atoms with Gasteiger partial charge in [0.1, 0.15) is 17.2 Å². The summed E-state index contributed by atoms with van der Waals surface area (Å²) in [6, 6.07) is 12.1. The van der Waals surface area contributed by atoms with Gasteiger partial charge in [-0.1, -0.05) is 6.07 Å². The molecule has 0 aliphatic heterocycles. The third kappa shape index (κ3) is 4.39. The Morgan fingerprint density at radius 2 is 1.84 bits per heavy atom. The van der Waals surface area contributed by atoms with Crippen molar-refractivity contribution in [3.8, 4) is 22.6 Å². The average Bonchev–Trinajstić information content (AvgIpc) is 3.41. The molecule has 2 aromatic carbocycles. The minimum Gasteiger partial charge on any atom is -0.274 e. The second-order valence-corrected chi connectivity index (χ2v) is 8.27. The first-order chi connectivity index (χ1) is 18.2. The van der Waals surface area contributed by atoms with Gasteiger partial charge in [-0.3, -0.25) is 29.4 Å². The van der Waals surface area contributed by atoms with Crippen LogP contribution in [0.25, 0.3) is 22.6 Å². The highest BCUT2D eigenvalue weighted by Gasteiger charge is 2.29. The van der Waals surface area contributed by atoms with Crippen LogP contribution in [-0.2, 0) is 6.42 Å². The maximum Gasteiger partial charge on any atom is 0.332 e. The molecule has 0 amide bonds. The van der Waals surface area contributed by atoms with Crippen LogP contribution in [0.1, 0.15) is 16.7 Å². The number of halogens is 2. The smallest absolute Gasteiger partial charge is 0.274 e. The number of nitrogens with zero attached hydrogens (tertiary/aromatic N) is 5. The highest BCUT2D eigenvalue weighted by atomic mass is 19.1. The van der Waals surface area contributed by atoms with E-state index in [0.29, 0.717) is 5.69 Å². The van der Waals surface area contributed by atoms with E-state index in [-0.39, 0.29) is 33.6 Å². The van der Waals surface area contributed by atoms with Crippen molar-refractivity contribution in [1.82, 2.24) is 24.3 Å². The molecule has 1 N–H and O–H groups in total. The van der Waals surface area contributed by atoms with Gasteiger partial charge in [-0.05, 0) is 48.9 Å². The van der Waals surface area contributed by atoms with Crippen molar-refractivity contribution in [2.75, 3.05) is 0 Å². The molecule has 3 heterocycles. The Balaban J connectivity index is 1.84. The first kappa shape index (κ1) is 24.4. The maximum absolute atomic E-state index is 14.6. The number of aryl methyl sites for hydroxylation is 1. The molecule has 0 unspecified atom stereocenters. The Hall–Kier alpha value is -5.26. The van der Waals surface area contributed by atoms with Crippen LogP contribution < -0.4 is 11.2 Å². The second-order valence-electron chi connectivity index (χ2n) is 8.27. The van der Waals surface area contributed by atoms with Crippen LogP contribution in [0.3, 0.4) is 0 Å². The largest absolute Gasteiger partial charge is 0.332 e. The molecule has 0 saturated heterocycles. The summed E-state index contributed by atoms with van der Waals surface area (Å²) in [6.07, 6.45) is 5.44. The van der Waals surface area contributed by atoms with Crippen molar-refractivity contribution in [3.63, 3.8) is 0 Å². The van der Waals surface area contributed by atoms with Gasteiger partial charge in [0.05, 0.1) is 28.2 Å². The standard InChI is InChI=1S/C26H17F2N6O4/c1-15-12-16(13-18-19(27)4-2-5-20(18)28)25(32-11-8-22(35)31-26(32)36)23(24(15)34(37)38)21-7-6-17(14-29-21)33-10-3-9-30-33/h2-11,14H,13H2,1H3,(H,31,35,36). The normalized spacial score (nSPS) is 11.0. The Morgan fingerprint density at radius 1 is 1.08 bits per heavy atom. The molecule has 12 heteroatoms. The summed E-state index contributed by atoms with van der Waals surface area (Å²) in [6.45, 7) is 1.43. The van der Waals surface area contributed by atoms with Gasteiger partial charge < -0.3 is 0 Å². The van der Waals surface area contributed by atoms with Crippen LogP contribution in [0.15, 0.2) is 76.8 Å². The van der Waals surface area contributed by atoms with Gasteiger partial charge in [0.2, 0.25) is 0 Å². The number of nitrogens with one attached hydrogen (secondary N) is 1. The monoisotopic (exact) mass is 515 g/mol.